The van der Waals surface area contributed by atoms with E-state index in [1.165, 1.54) is 23.3 Å². The molecule has 4 rings (SSSR count). The van der Waals surface area contributed by atoms with Gasteiger partial charge in [-0.15, -0.1) is 11.3 Å². The van der Waals surface area contributed by atoms with E-state index in [0.29, 0.717) is 54.5 Å². The third-order valence-electron chi connectivity index (χ3n) is 6.90. The highest BCUT2D eigenvalue weighted by Crippen LogP contribution is 2.37. The number of rotatable bonds is 8. The Labute approximate surface area is 226 Å². The fourth-order valence-electron chi connectivity index (χ4n) is 4.92. The van der Waals surface area contributed by atoms with Gasteiger partial charge in [0.15, 0.2) is 0 Å². The van der Waals surface area contributed by atoms with Gasteiger partial charge in [0, 0.05) is 56.6 Å². The second-order valence-corrected chi connectivity index (χ2v) is 10.1. The lowest BCUT2D eigenvalue weighted by Gasteiger charge is -2.42. The molecule has 204 valence electrons. The van der Waals surface area contributed by atoms with Gasteiger partial charge in [0.05, 0.1) is 37.3 Å². The molecule has 11 heteroatoms. The molecule has 3 amide bonds. The fourth-order valence-corrected chi connectivity index (χ4v) is 5.60. The van der Waals surface area contributed by atoms with Crippen molar-refractivity contribution >= 4 is 29.2 Å². The number of esters is 1. The maximum Gasteiger partial charge on any atom is 0.338 e. The average Bonchev–Trinajstić information content (AvgIpc) is 3.46. The lowest BCUT2D eigenvalue weighted by atomic mass is 9.93. The molecule has 2 aromatic rings. The average molecular weight is 543 g/mol. The molecule has 0 aliphatic carbocycles. The Kier molecular flexibility index (Phi) is 8.58. The van der Waals surface area contributed by atoms with Crippen molar-refractivity contribution < 1.29 is 28.6 Å². The molecule has 10 nitrogen and oxygen atoms in total. The molecule has 0 spiro atoms. The zero-order valence-corrected chi connectivity index (χ0v) is 23.2. The van der Waals surface area contributed by atoms with Crippen LogP contribution in [0.3, 0.4) is 0 Å². The molecular weight excluding hydrogens is 508 g/mol. The van der Waals surface area contributed by atoms with Crippen LogP contribution >= 0.6 is 11.3 Å². The smallest absolute Gasteiger partial charge is 0.338 e. The van der Waals surface area contributed by atoms with Gasteiger partial charge >= 0.3 is 12.0 Å². The first kappa shape index (κ1) is 27.5. The summed E-state index contributed by atoms with van der Waals surface area (Å²) in [5.74, 6) is 0.599. The van der Waals surface area contributed by atoms with Crippen molar-refractivity contribution in [1.29, 1.82) is 0 Å². The maximum absolute atomic E-state index is 13.4. The van der Waals surface area contributed by atoms with Gasteiger partial charge in [0.2, 0.25) is 0 Å². The first-order chi connectivity index (χ1) is 18.3. The predicted molar refractivity (Wildman–Crippen MR) is 143 cm³/mol. The topological polar surface area (TPSA) is 101 Å². The van der Waals surface area contributed by atoms with Crippen LogP contribution in [0.5, 0.6) is 11.5 Å². The Morgan fingerprint density at radius 1 is 1.16 bits per heavy atom. The van der Waals surface area contributed by atoms with E-state index >= 15 is 0 Å². The summed E-state index contributed by atoms with van der Waals surface area (Å²) >= 11 is 1.44. The van der Waals surface area contributed by atoms with Gasteiger partial charge in [0.25, 0.3) is 5.91 Å². The molecule has 0 radical (unpaired) electrons. The second-order valence-electron chi connectivity index (χ2n) is 9.19. The number of ether oxygens (including phenoxy) is 3. The van der Waals surface area contributed by atoms with Crippen LogP contribution in [-0.4, -0.2) is 92.7 Å². The zero-order chi connectivity index (χ0) is 27.4. The molecular formula is C27H34N4O6S. The number of nitrogens with zero attached hydrogens (tertiary/aromatic N) is 3. The first-order valence-electron chi connectivity index (χ1n) is 12.5. The number of hydrogen-bond donors (Lipinski definition) is 1. The normalized spacial score (nSPS) is 20.3. The SMILES string of the molecule is CCOC(=O)C1=C(CN2CCN(C(=O)c3cccs3)C(C)C2)N(C)C(=O)NC1c1ccc(OC)cc1OC. The lowest BCUT2D eigenvalue weighted by Crippen LogP contribution is -2.56. The molecule has 2 unspecified atom stereocenters. The predicted octanol–water partition coefficient (Wildman–Crippen LogP) is 3.13. The number of nitrogens with one attached hydrogen (secondary N) is 1. The van der Waals surface area contributed by atoms with Crippen LogP contribution in [0.4, 0.5) is 4.79 Å². The van der Waals surface area contributed by atoms with Crippen molar-refractivity contribution in [3.05, 3.63) is 57.4 Å². The van der Waals surface area contributed by atoms with E-state index in [-0.39, 0.29) is 24.6 Å². The number of carbonyl (C=O) groups excluding carboxylic acids is 3. The Hall–Kier alpha value is -3.57. The molecule has 2 aliphatic rings. The van der Waals surface area contributed by atoms with Gasteiger partial charge in [-0.2, -0.15) is 0 Å². The minimum absolute atomic E-state index is 0.0272. The summed E-state index contributed by atoms with van der Waals surface area (Å²) in [4.78, 5) is 45.6. The summed E-state index contributed by atoms with van der Waals surface area (Å²) in [6.45, 7) is 6.05. The summed E-state index contributed by atoms with van der Waals surface area (Å²) < 4.78 is 16.4. The lowest BCUT2D eigenvalue weighted by molar-refractivity contribution is -0.139. The Bertz CT molecular complexity index is 1210. The van der Waals surface area contributed by atoms with Crippen molar-refractivity contribution in [2.75, 3.05) is 54.1 Å². The molecule has 1 aromatic carbocycles. The number of likely N-dealkylation sites (N-methyl/N-ethyl adjacent to an activating group) is 1. The highest BCUT2D eigenvalue weighted by atomic mass is 32.1. The van der Waals surface area contributed by atoms with Crippen molar-refractivity contribution in [1.82, 2.24) is 20.0 Å². The molecule has 1 aromatic heterocycles. The number of benzene rings is 1. The Morgan fingerprint density at radius 2 is 1.95 bits per heavy atom. The van der Waals surface area contributed by atoms with Crippen LogP contribution in [0.1, 0.15) is 35.1 Å². The molecule has 2 aliphatic heterocycles. The summed E-state index contributed by atoms with van der Waals surface area (Å²) in [5, 5.41) is 4.83. The summed E-state index contributed by atoms with van der Waals surface area (Å²) in [5.41, 5.74) is 1.53. The molecule has 1 N–H and O–H groups in total. The van der Waals surface area contributed by atoms with E-state index in [1.807, 2.05) is 29.3 Å². The van der Waals surface area contributed by atoms with Crippen molar-refractivity contribution in [3.63, 3.8) is 0 Å². The van der Waals surface area contributed by atoms with Gasteiger partial charge in [0.1, 0.15) is 11.5 Å². The first-order valence-corrected chi connectivity index (χ1v) is 13.4. The molecule has 3 heterocycles. The molecule has 0 saturated carbocycles. The second kappa shape index (κ2) is 11.9. The summed E-state index contributed by atoms with van der Waals surface area (Å²) in [7, 11) is 4.73. The highest BCUT2D eigenvalue weighted by molar-refractivity contribution is 7.12. The molecule has 38 heavy (non-hydrogen) atoms. The number of urea groups is 1. The Balaban J connectivity index is 1.66. The molecule has 1 fully saturated rings. The molecule has 1 saturated heterocycles. The number of thiophene rings is 1. The molecule has 0 bridgehead atoms. The van der Waals surface area contributed by atoms with Gasteiger partial charge in [-0.05, 0) is 37.4 Å². The minimum atomic E-state index is -0.771. The van der Waals surface area contributed by atoms with Gasteiger partial charge in [-0.25, -0.2) is 9.59 Å². The van der Waals surface area contributed by atoms with Crippen molar-refractivity contribution in [3.8, 4) is 11.5 Å². The zero-order valence-electron chi connectivity index (χ0n) is 22.4. The van der Waals surface area contributed by atoms with Crippen molar-refractivity contribution in [2.24, 2.45) is 0 Å². The number of piperazine rings is 1. The number of carbonyl (C=O) groups is 3. The minimum Gasteiger partial charge on any atom is -0.497 e. The third-order valence-corrected chi connectivity index (χ3v) is 7.76. The van der Waals surface area contributed by atoms with Crippen LogP contribution < -0.4 is 14.8 Å². The largest absolute Gasteiger partial charge is 0.497 e. The van der Waals surface area contributed by atoms with E-state index in [2.05, 4.69) is 10.2 Å². The summed E-state index contributed by atoms with van der Waals surface area (Å²) in [6, 6.07) is 7.83. The van der Waals surface area contributed by atoms with E-state index in [9.17, 15) is 14.4 Å². The number of amides is 3. The number of methoxy groups -OCH3 is 2. The van der Waals surface area contributed by atoms with E-state index in [0.717, 1.165) is 4.88 Å². The maximum atomic E-state index is 13.4. The van der Waals surface area contributed by atoms with Crippen LogP contribution in [0.25, 0.3) is 0 Å². The summed E-state index contributed by atoms with van der Waals surface area (Å²) in [6.07, 6.45) is 0. The van der Waals surface area contributed by atoms with Gasteiger partial charge < -0.3 is 24.4 Å². The fraction of sp³-hybridized carbons (Fsp3) is 0.444. The van der Waals surface area contributed by atoms with Gasteiger partial charge in [-0.1, -0.05) is 6.07 Å². The van der Waals surface area contributed by atoms with Crippen molar-refractivity contribution in [2.45, 2.75) is 25.9 Å². The Morgan fingerprint density at radius 3 is 2.58 bits per heavy atom. The van der Waals surface area contributed by atoms with E-state index in [4.69, 9.17) is 14.2 Å². The third kappa shape index (κ3) is 5.48. The van der Waals surface area contributed by atoms with Crippen LogP contribution in [0.2, 0.25) is 0 Å². The van der Waals surface area contributed by atoms with Crippen LogP contribution in [-0.2, 0) is 9.53 Å². The van der Waals surface area contributed by atoms with Gasteiger partial charge in [-0.3, -0.25) is 14.6 Å². The molecule has 2 atom stereocenters. The standard InChI is InChI=1S/C27H34N4O6S/c1-6-37-26(33)23-20(16-30-11-12-31(17(2)15-30)25(32)22-8-7-13-38-22)29(3)27(34)28-24(23)19-10-9-18(35-4)14-21(19)36-5/h7-10,13-14,17,24H,6,11-12,15-16H2,1-5H3,(H,28,34). The number of hydrogen-bond acceptors (Lipinski definition) is 8. The van der Waals surface area contributed by atoms with E-state index in [1.54, 1.807) is 39.3 Å². The van der Waals surface area contributed by atoms with Crippen LogP contribution in [0.15, 0.2) is 47.0 Å². The van der Waals surface area contributed by atoms with Crippen LogP contribution in [0, 0.1) is 0 Å². The highest BCUT2D eigenvalue weighted by Gasteiger charge is 2.39. The van der Waals surface area contributed by atoms with E-state index < -0.39 is 12.0 Å². The quantitative estimate of drug-likeness (QED) is 0.512. The monoisotopic (exact) mass is 542 g/mol.